The lowest BCUT2D eigenvalue weighted by atomic mass is 9.83. The van der Waals surface area contributed by atoms with E-state index < -0.39 is 11.9 Å². The second-order valence-electron chi connectivity index (χ2n) is 9.08. The van der Waals surface area contributed by atoms with E-state index in [1.54, 1.807) is 26.2 Å². The summed E-state index contributed by atoms with van der Waals surface area (Å²) in [5.41, 5.74) is 3.11. The zero-order valence-electron chi connectivity index (χ0n) is 19.2. The van der Waals surface area contributed by atoms with Gasteiger partial charge in [-0.15, -0.1) is 0 Å². The Morgan fingerprint density at radius 1 is 1.06 bits per heavy atom. The summed E-state index contributed by atoms with van der Waals surface area (Å²) >= 11 is 0. The van der Waals surface area contributed by atoms with Crippen LogP contribution in [0.15, 0.2) is 60.7 Å². The van der Waals surface area contributed by atoms with E-state index in [0.717, 1.165) is 29.5 Å². The average molecular weight is 463 g/mol. The number of benzene rings is 3. The maximum absolute atomic E-state index is 14.3. The van der Waals surface area contributed by atoms with E-state index in [-0.39, 0.29) is 17.8 Å². The molecule has 3 aromatic rings. The number of hydrogen-bond donors (Lipinski definition) is 1. The molecule has 0 bridgehead atoms. The molecule has 1 fully saturated rings. The van der Waals surface area contributed by atoms with E-state index >= 15 is 0 Å². The highest BCUT2D eigenvalue weighted by molar-refractivity contribution is 5.71. The lowest BCUT2D eigenvalue weighted by molar-refractivity contribution is -0.142. The SMILES string of the molecule is COc1ccc(F)c(-c2ccc(C3COc4ccc(C(C5CC5)[C@H](C)C(=O)O)cc4O3)cc2)c1. The molecule has 2 unspecified atom stereocenters. The minimum Gasteiger partial charge on any atom is -0.497 e. The summed E-state index contributed by atoms with van der Waals surface area (Å²) in [6, 6.07) is 18.0. The Morgan fingerprint density at radius 3 is 2.50 bits per heavy atom. The molecule has 0 amide bonds. The van der Waals surface area contributed by atoms with Crippen molar-refractivity contribution in [2.45, 2.75) is 31.8 Å². The summed E-state index contributed by atoms with van der Waals surface area (Å²) < 4.78 is 31.8. The predicted octanol–water partition coefficient (Wildman–Crippen LogP) is 6.23. The van der Waals surface area contributed by atoms with Gasteiger partial charge in [-0.05, 0) is 71.7 Å². The van der Waals surface area contributed by atoms with Crippen molar-refractivity contribution in [1.82, 2.24) is 0 Å². The fourth-order valence-electron chi connectivity index (χ4n) is 4.77. The molecule has 6 heteroatoms. The van der Waals surface area contributed by atoms with Gasteiger partial charge in [0.1, 0.15) is 18.2 Å². The molecule has 34 heavy (non-hydrogen) atoms. The van der Waals surface area contributed by atoms with Crippen LogP contribution in [0, 0.1) is 17.7 Å². The first-order valence-corrected chi connectivity index (χ1v) is 11.5. The Hall–Kier alpha value is -3.54. The molecule has 0 saturated heterocycles. The third-order valence-corrected chi connectivity index (χ3v) is 6.84. The maximum atomic E-state index is 14.3. The third-order valence-electron chi connectivity index (χ3n) is 6.84. The van der Waals surface area contributed by atoms with Crippen molar-refractivity contribution in [1.29, 1.82) is 0 Å². The van der Waals surface area contributed by atoms with Crippen molar-refractivity contribution in [3.63, 3.8) is 0 Å². The smallest absolute Gasteiger partial charge is 0.306 e. The molecule has 2 aliphatic rings. The van der Waals surface area contributed by atoms with Crippen molar-refractivity contribution < 1.29 is 28.5 Å². The number of fused-ring (bicyclic) bond motifs is 1. The zero-order chi connectivity index (χ0) is 23.8. The topological polar surface area (TPSA) is 65.0 Å². The third kappa shape index (κ3) is 4.32. The molecule has 3 atom stereocenters. The molecular weight excluding hydrogens is 435 g/mol. The molecule has 1 aliphatic heterocycles. The lowest BCUT2D eigenvalue weighted by Crippen LogP contribution is -2.23. The van der Waals surface area contributed by atoms with E-state index in [0.29, 0.717) is 35.3 Å². The van der Waals surface area contributed by atoms with Crippen LogP contribution < -0.4 is 14.2 Å². The Kier molecular flexibility index (Phi) is 5.90. The molecular formula is C28H27FO5. The van der Waals surface area contributed by atoms with Crippen LogP contribution in [0.25, 0.3) is 11.1 Å². The molecule has 0 spiro atoms. The monoisotopic (exact) mass is 462 g/mol. The standard InChI is InChI=1S/C28H27FO5/c1-16(28(30)31)27(19-7-8-19)20-9-12-24-25(13-20)34-26(15-33-24)18-5-3-17(4-6-18)22-14-21(32-2)10-11-23(22)29/h3-6,9-14,16,19,26-27H,7-8,15H2,1-2H3,(H,30,31)/t16-,26?,27?/m0/s1. The summed E-state index contributed by atoms with van der Waals surface area (Å²) in [6.07, 6.45) is 1.79. The maximum Gasteiger partial charge on any atom is 0.306 e. The number of hydrogen-bond acceptors (Lipinski definition) is 4. The molecule has 5 rings (SSSR count). The van der Waals surface area contributed by atoms with Crippen LogP contribution in [0.2, 0.25) is 0 Å². The fourth-order valence-corrected chi connectivity index (χ4v) is 4.77. The number of methoxy groups -OCH3 is 1. The predicted molar refractivity (Wildman–Crippen MR) is 126 cm³/mol. The van der Waals surface area contributed by atoms with E-state index in [9.17, 15) is 14.3 Å². The Bertz CT molecular complexity index is 1200. The quantitative estimate of drug-likeness (QED) is 0.451. The van der Waals surface area contributed by atoms with Gasteiger partial charge in [0.05, 0.1) is 13.0 Å². The van der Waals surface area contributed by atoms with Gasteiger partial charge in [-0.2, -0.15) is 0 Å². The van der Waals surface area contributed by atoms with Crippen LogP contribution in [0.5, 0.6) is 17.2 Å². The van der Waals surface area contributed by atoms with Crippen molar-refractivity contribution in [3.8, 4) is 28.4 Å². The summed E-state index contributed by atoms with van der Waals surface area (Å²) in [4.78, 5) is 11.7. The van der Waals surface area contributed by atoms with Gasteiger partial charge in [-0.1, -0.05) is 37.3 Å². The van der Waals surface area contributed by atoms with E-state index in [1.807, 2.05) is 42.5 Å². The van der Waals surface area contributed by atoms with Gasteiger partial charge in [-0.3, -0.25) is 4.79 Å². The molecule has 176 valence electrons. The molecule has 1 N–H and O–H groups in total. The van der Waals surface area contributed by atoms with Crippen LogP contribution in [-0.4, -0.2) is 24.8 Å². The van der Waals surface area contributed by atoms with Gasteiger partial charge >= 0.3 is 5.97 Å². The van der Waals surface area contributed by atoms with E-state index in [4.69, 9.17) is 14.2 Å². The van der Waals surface area contributed by atoms with E-state index in [2.05, 4.69) is 0 Å². The number of carboxylic acids is 1. The summed E-state index contributed by atoms with van der Waals surface area (Å²) in [5.74, 6) is 0.685. The molecule has 3 aromatic carbocycles. The number of carboxylic acid groups (broad SMARTS) is 1. The minimum atomic E-state index is -0.780. The van der Waals surface area contributed by atoms with Gasteiger partial charge in [0.15, 0.2) is 17.6 Å². The average Bonchev–Trinajstić information content (AvgIpc) is 3.69. The zero-order valence-corrected chi connectivity index (χ0v) is 19.2. The van der Waals surface area contributed by atoms with Crippen molar-refractivity contribution >= 4 is 5.97 Å². The van der Waals surface area contributed by atoms with Crippen molar-refractivity contribution in [2.24, 2.45) is 11.8 Å². The highest BCUT2D eigenvalue weighted by Crippen LogP contribution is 2.49. The van der Waals surface area contributed by atoms with Crippen LogP contribution in [0.3, 0.4) is 0 Å². The molecule has 1 heterocycles. The number of carbonyl (C=O) groups is 1. The summed E-state index contributed by atoms with van der Waals surface area (Å²) in [7, 11) is 1.55. The molecule has 0 radical (unpaired) electrons. The van der Waals surface area contributed by atoms with Crippen LogP contribution in [0.1, 0.15) is 42.9 Å². The second-order valence-corrected chi connectivity index (χ2v) is 9.08. The number of halogens is 1. The normalized spacial score (nSPS) is 18.7. The van der Waals surface area contributed by atoms with Crippen LogP contribution in [0.4, 0.5) is 4.39 Å². The first kappa shape index (κ1) is 22.3. The number of rotatable bonds is 7. The van der Waals surface area contributed by atoms with Gasteiger partial charge in [0, 0.05) is 5.56 Å². The number of aliphatic carboxylic acids is 1. The van der Waals surface area contributed by atoms with E-state index in [1.165, 1.54) is 6.07 Å². The summed E-state index contributed by atoms with van der Waals surface area (Å²) in [5, 5.41) is 9.58. The van der Waals surface area contributed by atoms with Crippen molar-refractivity contribution in [3.05, 3.63) is 77.6 Å². The lowest BCUT2D eigenvalue weighted by Gasteiger charge is -2.29. The molecule has 1 aliphatic carbocycles. The summed E-state index contributed by atoms with van der Waals surface area (Å²) in [6.45, 7) is 2.13. The Balaban J connectivity index is 1.37. The molecule has 1 saturated carbocycles. The first-order chi connectivity index (χ1) is 16.4. The van der Waals surface area contributed by atoms with Gasteiger partial charge in [0.2, 0.25) is 0 Å². The highest BCUT2D eigenvalue weighted by atomic mass is 19.1. The fraction of sp³-hybridized carbons (Fsp3) is 0.321. The van der Waals surface area contributed by atoms with Gasteiger partial charge in [0.25, 0.3) is 0 Å². The Labute approximate surface area is 198 Å². The van der Waals surface area contributed by atoms with Gasteiger partial charge < -0.3 is 19.3 Å². The Morgan fingerprint density at radius 2 is 1.82 bits per heavy atom. The van der Waals surface area contributed by atoms with Crippen molar-refractivity contribution in [2.75, 3.05) is 13.7 Å². The van der Waals surface area contributed by atoms with Crippen LogP contribution >= 0.6 is 0 Å². The first-order valence-electron chi connectivity index (χ1n) is 11.5. The minimum absolute atomic E-state index is 0.0381. The molecule has 5 nitrogen and oxygen atoms in total. The number of ether oxygens (including phenoxy) is 3. The largest absolute Gasteiger partial charge is 0.497 e. The van der Waals surface area contributed by atoms with Crippen LogP contribution in [-0.2, 0) is 4.79 Å². The molecule has 0 aromatic heterocycles. The highest BCUT2D eigenvalue weighted by Gasteiger charge is 2.39. The second kappa shape index (κ2) is 9.01. The van der Waals surface area contributed by atoms with Gasteiger partial charge in [-0.25, -0.2) is 4.39 Å².